The van der Waals surface area contributed by atoms with Crippen LogP contribution < -0.4 is 10.6 Å². The number of hydrogen-bond acceptors (Lipinski definition) is 4. The number of hydrogen-bond donors (Lipinski definition) is 2. The molecule has 2 amide bonds. The Morgan fingerprint density at radius 3 is 2.62 bits per heavy atom. The van der Waals surface area contributed by atoms with Crippen LogP contribution in [-0.2, 0) is 16.1 Å². The lowest BCUT2D eigenvalue weighted by atomic mass is 10.2. The topological polar surface area (TPSA) is 71.3 Å². The van der Waals surface area contributed by atoms with Crippen LogP contribution in [0.4, 0.5) is 0 Å². The zero-order valence-electron chi connectivity index (χ0n) is 14.0. The van der Waals surface area contributed by atoms with E-state index >= 15 is 0 Å². The zero-order valence-corrected chi connectivity index (χ0v) is 14.8. The standard InChI is InChI=1S/C20H18N2O3S/c23-19(22-14-20(24)21-13-16-7-4-12-25-16)11-9-17-8-10-18(26-17)15-5-2-1-3-6-15/h1-12H,13-14H2,(H,21,24)(H,22,23)/b11-9+. The van der Waals surface area contributed by atoms with E-state index in [9.17, 15) is 9.59 Å². The van der Waals surface area contributed by atoms with Gasteiger partial charge in [0, 0.05) is 15.8 Å². The van der Waals surface area contributed by atoms with Crippen LogP contribution in [0.5, 0.6) is 0 Å². The summed E-state index contributed by atoms with van der Waals surface area (Å²) in [4.78, 5) is 25.6. The van der Waals surface area contributed by atoms with E-state index < -0.39 is 0 Å². The van der Waals surface area contributed by atoms with Gasteiger partial charge >= 0.3 is 0 Å². The smallest absolute Gasteiger partial charge is 0.244 e. The molecule has 0 atom stereocenters. The van der Waals surface area contributed by atoms with Crippen molar-refractivity contribution >= 4 is 29.2 Å². The summed E-state index contributed by atoms with van der Waals surface area (Å²) in [7, 11) is 0. The maximum Gasteiger partial charge on any atom is 0.244 e. The van der Waals surface area contributed by atoms with Crippen LogP contribution in [0, 0.1) is 0 Å². The fourth-order valence-corrected chi connectivity index (χ4v) is 3.16. The van der Waals surface area contributed by atoms with Gasteiger partial charge in [-0.25, -0.2) is 0 Å². The Kier molecular flexibility index (Phi) is 6.01. The molecule has 0 radical (unpaired) electrons. The summed E-state index contributed by atoms with van der Waals surface area (Å²) in [5, 5.41) is 5.22. The summed E-state index contributed by atoms with van der Waals surface area (Å²) >= 11 is 1.60. The largest absolute Gasteiger partial charge is 0.467 e. The van der Waals surface area contributed by atoms with Gasteiger partial charge in [0.1, 0.15) is 5.76 Å². The average molecular weight is 366 g/mol. The highest BCUT2D eigenvalue weighted by Gasteiger charge is 2.05. The number of thiophene rings is 1. The summed E-state index contributed by atoms with van der Waals surface area (Å²) in [6.45, 7) is 0.221. The van der Waals surface area contributed by atoms with Gasteiger partial charge in [0.2, 0.25) is 11.8 Å². The summed E-state index contributed by atoms with van der Waals surface area (Å²) in [6, 6.07) is 17.6. The van der Waals surface area contributed by atoms with E-state index in [4.69, 9.17) is 4.42 Å². The van der Waals surface area contributed by atoms with Crippen molar-refractivity contribution in [2.24, 2.45) is 0 Å². The summed E-state index contributed by atoms with van der Waals surface area (Å²) in [6.07, 6.45) is 4.72. The van der Waals surface area contributed by atoms with Crippen LogP contribution in [0.2, 0.25) is 0 Å². The van der Waals surface area contributed by atoms with Crippen molar-refractivity contribution in [1.82, 2.24) is 10.6 Å². The van der Waals surface area contributed by atoms with Crippen LogP contribution in [0.1, 0.15) is 10.6 Å². The lowest BCUT2D eigenvalue weighted by molar-refractivity contribution is -0.124. The number of carbonyl (C=O) groups is 2. The minimum atomic E-state index is -0.312. The van der Waals surface area contributed by atoms with Crippen LogP contribution in [0.3, 0.4) is 0 Å². The van der Waals surface area contributed by atoms with E-state index in [1.165, 1.54) is 6.08 Å². The van der Waals surface area contributed by atoms with E-state index in [1.54, 1.807) is 35.8 Å². The van der Waals surface area contributed by atoms with Crippen molar-refractivity contribution in [1.29, 1.82) is 0 Å². The molecule has 0 spiro atoms. The van der Waals surface area contributed by atoms with Crippen molar-refractivity contribution in [3.63, 3.8) is 0 Å². The fraction of sp³-hybridized carbons (Fsp3) is 0.100. The van der Waals surface area contributed by atoms with Crippen LogP contribution in [0.25, 0.3) is 16.5 Å². The first-order valence-electron chi connectivity index (χ1n) is 8.11. The van der Waals surface area contributed by atoms with Gasteiger partial charge in [-0.05, 0) is 35.9 Å². The first-order valence-corrected chi connectivity index (χ1v) is 8.92. The molecule has 3 aromatic rings. The molecule has 26 heavy (non-hydrogen) atoms. The molecular formula is C20H18N2O3S. The maximum absolute atomic E-state index is 11.8. The second-order valence-electron chi connectivity index (χ2n) is 5.48. The van der Waals surface area contributed by atoms with Gasteiger partial charge in [0.25, 0.3) is 0 Å². The van der Waals surface area contributed by atoms with Crippen LogP contribution in [0.15, 0.2) is 71.4 Å². The van der Waals surface area contributed by atoms with Gasteiger partial charge in [0.15, 0.2) is 0 Å². The molecule has 2 N–H and O–H groups in total. The Bertz CT molecular complexity index is 883. The van der Waals surface area contributed by atoms with Gasteiger partial charge < -0.3 is 15.1 Å². The molecule has 0 unspecified atom stereocenters. The lowest BCUT2D eigenvalue weighted by Crippen LogP contribution is -2.35. The monoisotopic (exact) mass is 366 g/mol. The van der Waals surface area contributed by atoms with Gasteiger partial charge in [-0.1, -0.05) is 30.3 Å². The highest BCUT2D eigenvalue weighted by Crippen LogP contribution is 2.28. The second-order valence-corrected chi connectivity index (χ2v) is 6.59. The van der Waals surface area contributed by atoms with Crippen molar-refractivity contribution in [2.45, 2.75) is 6.54 Å². The minimum absolute atomic E-state index is 0.0798. The van der Waals surface area contributed by atoms with E-state index in [2.05, 4.69) is 10.6 Å². The Hall–Kier alpha value is -3.12. The second kappa shape index (κ2) is 8.82. The van der Waals surface area contributed by atoms with Gasteiger partial charge in [-0.2, -0.15) is 0 Å². The average Bonchev–Trinajstić information content (AvgIpc) is 3.35. The SMILES string of the molecule is O=C(/C=C/c1ccc(-c2ccccc2)s1)NCC(=O)NCc1ccco1. The number of furan rings is 1. The van der Waals surface area contributed by atoms with Gasteiger partial charge in [0.05, 0.1) is 19.4 Å². The normalized spacial score (nSPS) is 10.8. The van der Waals surface area contributed by atoms with Crippen molar-refractivity contribution in [3.8, 4) is 10.4 Å². The van der Waals surface area contributed by atoms with Crippen molar-refractivity contribution in [2.75, 3.05) is 6.54 Å². The first kappa shape index (κ1) is 17.7. The molecule has 3 rings (SSSR count). The minimum Gasteiger partial charge on any atom is -0.467 e. The predicted molar refractivity (Wildman–Crippen MR) is 102 cm³/mol. The third kappa shape index (κ3) is 5.19. The Morgan fingerprint density at radius 2 is 1.85 bits per heavy atom. The number of nitrogens with one attached hydrogen (secondary N) is 2. The highest BCUT2D eigenvalue weighted by molar-refractivity contribution is 7.16. The molecule has 5 nitrogen and oxygen atoms in total. The number of rotatable bonds is 7. The number of amides is 2. The zero-order chi connectivity index (χ0) is 18.2. The van der Waals surface area contributed by atoms with Gasteiger partial charge in [-0.3, -0.25) is 9.59 Å². The fourth-order valence-electron chi connectivity index (χ4n) is 2.25. The van der Waals surface area contributed by atoms with Crippen molar-refractivity contribution < 1.29 is 14.0 Å². The summed E-state index contributed by atoms with van der Waals surface area (Å²) < 4.78 is 5.12. The molecule has 0 aliphatic rings. The molecule has 132 valence electrons. The maximum atomic E-state index is 11.8. The van der Waals surface area contributed by atoms with Crippen LogP contribution >= 0.6 is 11.3 Å². The van der Waals surface area contributed by atoms with E-state index in [0.717, 1.165) is 15.3 Å². The first-order chi connectivity index (χ1) is 12.7. The number of carbonyl (C=O) groups excluding carboxylic acids is 2. The Balaban J connectivity index is 1.44. The molecule has 0 saturated carbocycles. The summed E-state index contributed by atoms with van der Waals surface area (Å²) in [5.41, 5.74) is 1.15. The highest BCUT2D eigenvalue weighted by atomic mass is 32.1. The molecular weight excluding hydrogens is 348 g/mol. The van der Waals surface area contributed by atoms with Gasteiger partial charge in [-0.15, -0.1) is 11.3 Å². The molecule has 0 saturated heterocycles. The Morgan fingerprint density at radius 1 is 1.00 bits per heavy atom. The molecule has 2 aromatic heterocycles. The summed E-state index contributed by atoms with van der Waals surface area (Å²) in [5.74, 6) is 0.0786. The van der Waals surface area contributed by atoms with E-state index in [0.29, 0.717) is 12.3 Å². The molecule has 0 aliphatic carbocycles. The van der Waals surface area contributed by atoms with E-state index in [-0.39, 0.29) is 18.4 Å². The molecule has 2 heterocycles. The lowest BCUT2D eigenvalue weighted by Gasteiger charge is -2.03. The molecule has 6 heteroatoms. The predicted octanol–water partition coefficient (Wildman–Crippen LogP) is 3.45. The molecule has 1 aromatic carbocycles. The Labute approximate surface area is 155 Å². The number of benzene rings is 1. The van der Waals surface area contributed by atoms with Crippen LogP contribution in [-0.4, -0.2) is 18.4 Å². The third-order valence-electron chi connectivity index (χ3n) is 3.55. The third-order valence-corrected chi connectivity index (χ3v) is 4.65. The molecule has 0 fully saturated rings. The quantitative estimate of drug-likeness (QED) is 0.629. The molecule has 0 bridgehead atoms. The van der Waals surface area contributed by atoms with Crippen molar-refractivity contribution in [3.05, 3.63) is 77.6 Å². The molecule has 0 aliphatic heterocycles. The van der Waals surface area contributed by atoms with E-state index in [1.807, 2.05) is 42.5 Å².